The molecule has 2 amide bonds. The van der Waals surface area contributed by atoms with Gasteiger partial charge in [-0.1, -0.05) is 32.0 Å². The molecular weight excluding hydrogens is 240 g/mol. The normalized spacial score (nSPS) is 12.1. The Labute approximate surface area is 115 Å². The summed E-state index contributed by atoms with van der Waals surface area (Å²) < 4.78 is 5.60. The molecule has 106 valence electrons. The van der Waals surface area contributed by atoms with Crippen LogP contribution in [0.1, 0.15) is 26.3 Å². The Kier molecular flexibility index (Phi) is 6.19. The number of rotatable bonds is 6. The summed E-state index contributed by atoms with van der Waals surface area (Å²) in [6, 6.07) is 7.86. The van der Waals surface area contributed by atoms with Gasteiger partial charge in [0.25, 0.3) is 0 Å². The van der Waals surface area contributed by atoms with Crippen molar-refractivity contribution in [3.63, 3.8) is 0 Å². The lowest BCUT2D eigenvalue weighted by atomic mass is 10.1. The Morgan fingerprint density at radius 3 is 2.58 bits per heavy atom. The topological polar surface area (TPSA) is 50.4 Å². The lowest BCUT2D eigenvalue weighted by Gasteiger charge is -2.18. The molecule has 4 heteroatoms. The van der Waals surface area contributed by atoms with Gasteiger partial charge in [0.2, 0.25) is 0 Å². The fourth-order valence-corrected chi connectivity index (χ4v) is 1.47. The number of para-hydroxylation sites is 1. The zero-order valence-corrected chi connectivity index (χ0v) is 12.2. The summed E-state index contributed by atoms with van der Waals surface area (Å²) in [5.74, 6) is 1.29. The molecule has 1 rings (SSSR count). The highest BCUT2D eigenvalue weighted by Gasteiger charge is 2.09. The van der Waals surface area contributed by atoms with E-state index < -0.39 is 0 Å². The Hall–Kier alpha value is -1.71. The van der Waals surface area contributed by atoms with Crippen LogP contribution in [-0.2, 0) is 0 Å². The molecule has 0 spiro atoms. The Balaban J connectivity index is 2.21. The van der Waals surface area contributed by atoms with E-state index in [9.17, 15) is 4.79 Å². The lowest BCUT2D eigenvalue weighted by molar-refractivity contribution is 0.230. The quantitative estimate of drug-likeness (QED) is 0.776. The number of urea groups is 1. The van der Waals surface area contributed by atoms with E-state index in [0.717, 1.165) is 11.3 Å². The Bertz CT molecular complexity index is 405. The maximum atomic E-state index is 11.6. The van der Waals surface area contributed by atoms with Crippen molar-refractivity contribution in [2.45, 2.75) is 33.7 Å². The summed E-state index contributed by atoms with van der Waals surface area (Å²) in [6.07, 6.45) is 0. The van der Waals surface area contributed by atoms with Crippen molar-refractivity contribution in [2.24, 2.45) is 5.92 Å². The van der Waals surface area contributed by atoms with Crippen molar-refractivity contribution in [1.82, 2.24) is 10.6 Å². The standard InChI is InChI=1S/C15H24N2O2/c1-11(2)13(4)17-15(18)16-9-10-19-14-8-6-5-7-12(14)3/h5-8,11,13H,9-10H2,1-4H3,(H2,16,17,18). The highest BCUT2D eigenvalue weighted by atomic mass is 16.5. The van der Waals surface area contributed by atoms with Gasteiger partial charge >= 0.3 is 6.03 Å². The summed E-state index contributed by atoms with van der Waals surface area (Å²) >= 11 is 0. The second kappa shape index (κ2) is 7.67. The molecule has 0 fully saturated rings. The molecule has 0 aliphatic rings. The molecule has 1 unspecified atom stereocenters. The number of carbonyl (C=O) groups excluding carboxylic acids is 1. The SMILES string of the molecule is Cc1ccccc1OCCNC(=O)NC(C)C(C)C. The maximum absolute atomic E-state index is 11.6. The second-order valence-corrected chi connectivity index (χ2v) is 5.05. The van der Waals surface area contributed by atoms with Crippen LogP contribution in [0.25, 0.3) is 0 Å². The van der Waals surface area contributed by atoms with Gasteiger partial charge in [0.05, 0.1) is 6.54 Å². The zero-order valence-electron chi connectivity index (χ0n) is 12.2. The molecule has 0 aliphatic carbocycles. The number of benzene rings is 1. The average molecular weight is 264 g/mol. The number of hydrogen-bond acceptors (Lipinski definition) is 2. The van der Waals surface area contributed by atoms with Gasteiger partial charge in [0, 0.05) is 6.04 Å². The summed E-state index contributed by atoms with van der Waals surface area (Å²) in [7, 11) is 0. The van der Waals surface area contributed by atoms with Gasteiger partial charge in [0.15, 0.2) is 0 Å². The number of nitrogens with one attached hydrogen (secondary N) is 2. The van der Waals surface area contributed by atoms with E-state index in [2.05, 4.69) is 24.5 Å². The van der Waals surface area contributed by atoms with Crippen LogP contribution < -0.4 is 15.4 Å². The summed E-state index contributed by atoms with van der Waals surface area (Å²) in [5.41, 5.74) is 1.10. The molecule has 1 atom stereocenters. The Morgan fingerprint density at radius 2 is 1.95 bits per heavy atom. The fraction of sp³-hybridized carbons (Fsp3) is 0.533. The summed E-state index contributed by atoms with van der Waals surface area (Å²) in [5, 5.41) is 5.67. The van der Waals surface area contributed by atoms with Gasteiger partial charge in [-0.15, -0.1) is 0 Å². The molecule has 0 aliphatic heterocycles. The van der Waals surface area contributed by atoms with E-state index in [0.29, 0.717) is 19.1 Å². The fourth-order valence-electron chi connectivity index (χ4n) is 1.47. The van der Waals surface area contributed by atoms with Crippen LogP contribution in [0.2, 0.25) is 0 Å². The van der Waals surface area contributed by atoms with Crippen LogP contribution in [0.15, 0.2) is 24.3 Å². The van der Waals surface area contributed by atoms with Gasteiger partial charge in [0.1, 0.15) is 12.4 Å². The van der Waals surface area contributed by atoms with Crippen LogP contribution in [0.4, 0.5) is 4.79 Å². The maximum Gasteiger partial charge on any atom is 0.315 e. The van der Waals surface area contributed by atoms with E-state index in [1.807, 2.05) is 38.1 Å². The molecule has 0 heterocycles. The molecule has 0 saturated carbocycles. The number of carbonyl (C=O) groups is 1. The average Bonchev–Trinajstić information content (AvgIpc) is 2.36. The van der Waals surface area contributed by atoms with E-state index in [1.54, 1.807) is 0 Å². The van der Waals surface area contributed by atoms with Gasteiger partial charge in [-0.2, -0.15) is 0 Å². The number of amides is 2. The first-order chi connectivity index (χ1) is 9.00. The molecule has 0 bridgehead atoms. The lowest BCUT2D eigenvalue weighted by Crippen LogP contribution is -2.44. The van der Waals surface area contributed by atoms with Gasteiger partial charge in [-0.05, 0) is 31.4 Å². The number of aryl methyl sites for hydroxylation is 1. The molecular formula is C15H24N2O2. The van der Waals surface area contributed by atoms with E-state index in [-0.39, 0.29) is 12.1 Å². The summed E-state index contributed by atoms with van der Waals surface area (Å²) in [4.78, 5) is 11.6. The first-order valence-electron chi connectivity index (χ1n) is 6.73. The van der Waals surface area contributed by atoms with E-state index >= 15 is 0 Å². The predicted molar refractivity (Wildman–Crippen MR) is 77.5 cm³/mol. The molecule has 2 N–H and O–H groups in total. The number of hydrogen-bond donors (Lipinski definition) is 2. The van der Waals surface area contributed by atoms with Crippen LogP contribution in [-0.4, -0.2) is 25.2 Å². The van der Waals surface area contributed by atoms with Crippen LogP contribution in [0.5, 0.6) is 5.75 Å². The summed E-state index contributed by atoms with van der Waals surface area (Å²) in [6.45, 7) is 9.10. The highest BCUT2D eigenvalue weighted by Crippen LogP contribution is 2.15. The zero-order chi connectivity index (χ0) is 14.3. The van der Waals surface area contributed by atoms with E-state index in [1.165, 1.54) is 0 Å². The van der Waals surface area contributed by atoms with Crippen LogP contribution in [0.3, 0.4) is 0 Å². The highest BCUT2D eigenvalue weighted by molar-refractivity contribution is 5.74. The molecule has 0 aromatic heterocycles. The minimum absolute atomic E-state index is 0.144. The second-order valence-electron chi connectivity index (χ2n) is 5.05. The van der Waals surface area contributed by atoms with Crippen LogP contribution >= 0.6 is 0 Å². The van der Waals surface area contributed by atoms with Crippen molar-refractivity contribution in [3.8, 4) is 5.75 Å². The molecule has 1 aromatic carbocycles. The third kappa shape index (κ3) is 5.64. The first kappa shape index (κ1) is 15.3. The smallest absolute Gasteiger partial charge is 0.315 e. The minimum Gasteiger partial charge on any atom is -0.491 e. The molecule has 19 heavy (non-hydrogen) atoms. The van der Waals surface area contributed by atoms with Crippen molar-refractivity contribution in [3.05, 3.63) is 29.8 Å². The minimum atomic E-state index is -0.144. The first-order valence-corrected chi connectivity index (χ1v) is 6.73. The van der Waals surface area contributed by atoms with Crippen molar-refractivity contribution in [2.75, 3.05) is 13.2 Å². The van der Waals surface area contributed by atoms with Crippen molar-refractivity contribution < 1.29 is 9.53 Å². The van der Waals surface area contributed by atoms with Gasteiger partial charge in [-0.25, -0.2) is 4.79 Å². The molecule has 0 saturated heterocycles. The van der Waals surface area contributed by atoms with Gasteiger partial charge in [-0.3, -0.25) is 0 Å². The van der Waals surface area contributed by atoms with Crippen molar-refractivity contribution in [1.29, 1.82) is 0 Å². The molecule has 0 radical (unpaired) electrons. The third-order valence-corrected chi connectivity index (χ3v) is 3.10. The monoisotopic (exact) mass is 264 g/mol. The van der Waals surface area contributed by atoms with Gasteiger partial charge < -0.3 is 15.4 Å². The van der Waals surface area contributed by atoms with Crippen LogP contribution in [0, 0.1) is 12.8 Å². The van der Waals surface area contributed by atoms with Crippen molar-refractivity contribution >= 4 is 6.03 Å². The molecule has 1 aromatic rings. The van der Waals surface area contributed by atoms with E-state index in [4.69, 9.17) is 4.74 Å². The largest absolute Gasteiger partial charge is 0.491 e. The molecule has 4 nitrogen and oxygen atoms in total. The number of ether oxygens (including phenoxy) is 1. The third-order valence-electron chi connectivity index (χ3n) is 3.10. The predicted octanol–water partition coefficient (Wildman–Crippen LogP) is 2.72. The Morgan fingerprint density at radius 1 is 1.26 bits per heavy atom.